The first-order valence-corrected chi connectivity index (χ1v) is 11.9. The van der Waals surface area contributed by atoms with Gasteiger partial charge in [0.05, 0.1) is 23.8 Å². The number of anilines is 3. The summed E-state index contributed by atoms with van der Waals surface area (Å²) in [5.74, 6) is 0.537. The van der Waals surface area contributed by atoms with E-state index < -0.39 is 6.10 Å². The molecule has 1 amide bonds. The average molecular weight is 484 g/mol. The van der Waals surface area contributed by atoms with Gasteiger partial charge >= 0.3 is 0 Å². The number of carbonyl (C=O) groups is 1. The van der Waals surface area contributed by atoms with Gasteiger partial charge in [0, 0.05) is 38.7 Å². The molecule has 0 saturated heterocycles. The number of nitrogens with one attached hydrogen (secondary N) is 3. The second kappa shape index (κ2) is 10.9. The molecule has 4 atom stereocenters. The number of aliphatic hydroxyl groups is 1. The normalized spacial score (nSPS) is 24.4. The number of pyridine rings is 1. The highest BCUT2D eigenvalue weighted by atomic mass is 16.5. The molecule has 2 aliphatic rings. The molecule has 2 aliphatic carbocycles. The van der Waals surface area contributed by atoms with Crippen molar-refractivity contribution in [2.45, 2.75) is 62.8 Å². The van der Waals surface area contributed by atoms with Crippen LogP contribution in [0.15, 0.2) is 35.4 Å². The van der Waals surface area contributed by atoms with Crippen molar-refractivity contribution in [2.24, 2.45) is 5.73 Å². The minimum atomic E-state index is -0.542. The lowest BCUT2D eigenvalue weighted by atomic mass is 10.2. The van der Waals surface area contributed by atoms with Crippen LogP contribution in [0.2, 0.25) is 0 Å². The molecule has 0 aliphatic heterocycles. The van der Waals surface area contributed by atoms with Crippen molar-refractivity contribution >= 4 is 28.8 Å². The Morgan fingerprint density at radius 2 is 2.06 bits per heavy atom. The zero-order valence-corrected chi connectivity index (χ0v) is 20.0. The Labute approximate surface area is 203 Å². The van der Waals surface area contributed by atoms with Gasteiger partial charge in [-0.1, -0.05) is 0 Å². The zero-order valence-electron chi connectivity index (χ0n) is 20.0. The van der Waals surface area contributed by atoms with Gasteiger partial charge in [-0.25, -0.2) is 9.97 Å². The molecule has 2 heterocycles. The van der Waals surface area contributed by atoms with Crippen LogP contribution in [0.4, 0.5) is 17.3 Å². The molecule has 2 aromatic heterocycles. The van der Waals surface area contributed by atoms with E-state index in [0.717, 1.165) is 32.1 Å². The molecule has 4 unspecified atom stereocenters. The lowest BCUT2D eigenvalue weighted by Gasteiger charge is -2.19. The third-order valence-electron chi connectivity index (χ3n) is 6.73. The van der Waals surface area contributed by atoms with Gasteiger partial charge in [0.25, 0.3) is 11.5 Å². The predicted molar refractivity (Wildman–Crippen MR) is 133 cm³/mol. The summed E-state index contributed by atoms with van der Waals surface area (Å²) in [4.78, 5) is 34.9. The minimum absolute atomic E-state index is 0.0128. The smallest absolute Gasteiger partial charge is 0.274 e. The second-order valence-electron chi connectivity index (χ2n) is 8.96. The standard InChI is InChI=1S/C24H33N7O4/c1-26-20-12-21(28-17-5-4-10-31(24(17)34)18-6-3-7-19(18)32)30-22(29-20)16(13-25)23(33)27-14-8-9-15(11-14)35-2/h4-5,10,12-15,18-19,32H,3,6-9,11,25H2,1-2H3,(H,27,33)(H2,26,28,29,30). The number of hydrogen-bond acceptors (Lipinski definition) is 9. The number of amides is 1. The number of aromatic nitrogens is 3. The van der Waals surface area contributed by atoms with E-state index in [1.807, 2.05) is 0 Å². The van der Waals surface area contributed by atoms with Crippen LogP contribution >= 0.6 is 0 Å². The molecule has 2 aromatic rings. The van der Waals surface area contributed by atoms with Crippen molar-refractivity contribution in [1.29, 1.82) is 0 Å². The topological polar surface area (TPSA) is 156 Å². The Bertz CT molecular complexity index is 1150. The molecule has 4 rings (SSSR count). The van der Waals surface area contributed by atoms with Crippen LogP contribution in [0.25, 0.3) is 5.57 Å². The van der Waals surface area contributed by atoms with Gasteiger partial charge in [-0.15, -0.1) is 0 Å². The third kappa shape index (κ3) is 5.46. The number of nitrogens with two attached hydrogens (primary N) is 1. The van der Waals surface area contributed by atoms with Gasteiger partial charge in [-0.05, 0) is 50.7 Å². The Morgan fingerprint density at radius 3 is 2.71 bits per heavy atom. The maximum Gasteiger partial charge on any atom is 0.274 e. The Hall–Kier alpha value is -3.44. The molecule has 35 heavy (non-hydrogen) atoms. The van der Waals surface area contributed by atoms with Crippen LogP contribution in [0.3, 0.4) is 0 Å². The van der Waals surface area contributed by atoms with Gasteiger partial charge in [-0.2, -0.15) is 0 Å². The predicted octanol–water partition coefficient (Wildman–Crippen LogP) is 1.49. The second-order valence-corrected chi connectivity index (χ2v) is 8.96. The van der Waals surface area contributed by atoms with Crippen LogP contribution in [-0.2, 0) is 9.53 Å². The Balaban J connectivity index is 1.57. The number of carbonyl (C=O) groups excluding carboxylic acids is 1. The maximum absolute atomic E-state index is 13.1. The molecule has 188 valence electrons. The van der Waals surface area contributed by atoms with Gasteiger partial charge in [0.2, 0.25) is 0 Å². The summed E-state index contributed by atoms with van der Waals surface area (Å²) < 4.78 is 6.94. The van der Waals surface area contributed by atoms with E-state index in [1.165, 1.54) is 6.20 Å². The zero-order chi connectivity index (χ0) is 24.9. The fourth-order valence-corrected chi connectivity index (χ4v) is 4.81. The molecule has 6 N–H and O–H groups in total. The van der Waals surface area contributed by atoms with Gasteiger partial charge in [0.15, 0.2) is 5.82 Å². The first-order valence-electron chi connectivity index (χ1n) is 11.9. The van der Waals surface area contributed by atoms with E-state index in [-0.39, 0.29) is 41.1 Å². The summed E-state index contributed by atoms with van der Waals surface area (Å²) in [6.07, 6.45) is 7.21. The van der Waals surface area contributed by atoms with E-state index in [0.29, 0.717) is 23.7 Å². The average Bonchev–Trinajstić information content (AvgIpc) is 3.49. The van der Waals surface area contributed by atoms with Gasteiger partial charge in [-0.3, -0.25) is 9.59 Å². The van der Waals surface area contributed by atoms with Crippen LogP contribution in [0, 0.1) is 0 Å². The first kappa shape index (κ1) is 24.7. The van der Waals surface area contributed by atoms with E-state index in [4.69, 9.17) is 10.5 Å². The molecule has 11 nitrogen and oxygen atoms in total. The SMILES string of the molecule is CNc1cc(Nc2cccn(C3CCCC3O)c2=O)nc(C(=CN)C(=O)NC2CCC(OC)C2)n1. The van der Waals surface area contributed by atoms with Crippen LogP contribution in [0.1, 0.15) is 50.4 Å². The summed E-state index contributed by atoms with van der Waals surface area (Å²) in [7, 11) is 3.37. The maximum atomic E-state index is 13.1. The fraction of sp³-hybridized carbons (Fsp3) is 0.500. The fourth-order valence-electron chi connectivity index (χ4n) is 4.81. The van der Waals surface area contributed by atoms with Crippen LogP contribution in [0.5, 0.6) is 0 Å². The molecule has 11 heteroatoms. The van der Waals surface area contributed by atoms with Crippen LogP contribution in [-0.4, -0.2) is 58.0 Å². The number of hydrogen-bond donors (Lipinski definition) is 5. The minimum Gasteiger partial charge on any atom is -0.404 e. The van der Waals surface area contributed by atoms with Crippen molar-refractivity contribution in [2.75, 3.05) is 24.8 Å². The quantitative estimate of drug-likeness (QED) is 0.351. The van der Waals surface area contributed by atoms with E-state index >= 15 is 0 Å². The first-order chi connectivity index (χ1) is 16.9. The van der Waals surface area contributed by atoms with E-state index in [1.54, 1.807) is 43.1 Å². The van der Waals surface area contributed by atoms with E-state index in [9.17, 15) is 14.7 Å². The summed E-state index contributed by atoms with van der Waals surface area (Å²) in [5.41, 5.74) is 5.98. The lowest BCUT2D eigenvalue weighted by molar-refractivity contribution is -0.116. The van der Waals surface area contributed by atoms with Crippen molar-refractivity contribution in [3.63, 3.8) is 0 Å². The van der Waals surface area contributed by atoms with Crippen molar-refractivity contribution in [1.82, 2.24) is 19.9 Å². The molecule has 0 spiro atoms. The Morgan fingerprint density at radius 1 is 1.26 bits per heavy atom. The number of aliphatic hydroxyl groups excluding tert-OH is 1. The number of ether oxygens (including phenoxy) is 1. The highest BCUT2D eigenvalue weighted by Gasteiger charge is 2.29. The highest BCUT2D eigenvalue weighted by Crippen LogP contribution is 2.29. The summed E-state index contributed by atoms with van der Waals surface area (Å²) in [5, 5.41) is 19.2. The van der Waals surface area contributed by atoms with E-state index in [2.05, 4.69) is 25.9 Å². The third-order valence-corrected chi connectivity index (χ3v) is 6.73. The van der Waals surface area contributed by atoms with Gasteiger partial charge < -0.3 is 36.1 Å². The largest absolute Gasteiger partial charge is 0.404 e. The monoisotopic (exact) mass is 483 g/mol. The number of methoxy groups -OCH3 is 1. The van der Waals surface area contributed by atoms with Crippen molar-refractivity contribution in [3.05, 3.63) is 46.8 Å². The summed E-state index contributed by atoms with van der Waals surface area (Å²) in [6.45, 7) is 0. The molecule has 0 aromatic carbocycles. The summed E-state index contributed by atoms with van der Waals surface area (Å²) in [6, 6.07) is 4.78. The number of rotatable bonds is 8. The molecule has 2 fully saturated rings. The molecular formula is C24H33N7O4. The molecular weight excluding hydrogens is 450 g/mol. The Kier molecular flexibility index (Phi) is 7.67. The van der Waals surface area contributed by atoms with Crippen molar-refractivity contribution < 1.29 is 14.6 Å². The summed E-state index contributed by atoms with van der Waals surface area (Å²) >= 11 is 0. The lowest BCUT2D eigenvalue weighted by Crippen LogP contribution is -2.34. The number of nitrogens with zero attached hydrogens (tertiary/aromatic N) is 3. The molecule has 0 bridgehead atoms. The molecule has 2 saturated carbocycles. The van der Waals surface area contributed by atoms with Crippen LogP contribution < -0.4 is 27.2 Å². The highest BCUT2D eigenvalue weighted by molar-refractivity contribution is 6.18. The van der Waals surface area contributed by atoms with Crippen molar-refractivity contribution in [3.8, 4) is 0 Å². The van der Waals surface area contributed by atoms with Gasteiger partial charge in [0.1, 0.15) is 17.3 Å². The molecule has 0 radical (unpaired) electrons.